The highest BCUT2D eigenvalue weighted by atomic mass is 28.3. The van der Waals surface area contributed by atoms with E-state index in [-0.39, 0.29) is 5.97 Å². The number of esters is 1. The van der Waals surface area contributed by atoms with Gasteiger partial charge in [-0.05, 0) is 6.42 Å². The van der Waals surface area contributed by atoms with Crippen molar-refractivity contribution < 1.29 is 14.6 Å². The molecule has 1 rings (SSSR count). The van der Waals surface area contributed by atoms with Crippen molar-refractivity contribution >= 4 is 14.0 Å². The summed E-state index contributed by atoms with van der Waals surface area (Å²) in [5.74, 6) is 2.01. The smallest absolute Gasteiger partial charge is 0.312 e. The Morgan fingerprint density at radius 2 is 2.21 bits per heavy atom. The molecule has 0 aromatic heterocycles. The third kappa shape index (κ3) is 3.16. The van der Waals surface area contributed by atoms with E-state index in [0.717, 1.165) is 0 Å². The van der Waals surface area contributed by atoms with E-state index in [1.807, 2.05) is 0 Å². The first kappa shape index (κ1) is 11.3. The first-order valence-electron chi connectivity index (χ1n) is 4.77. The first-order valence-corrected chi connectivity index (χ1v) is 8.27. The molecule has 14 heavy (non-hydrogen) atoms. The Morgan fingerprint density at radius 1 is 1.57 bits per heavy atom. The Morgan fingerprint density at radius 3 is 2.64 bits per heavy atom. The van der Waals surface area contributed by atoms with E-state index < -0.39 is 20.1 Å². The maximum atomic E-state index is 11.1. The normalized spacial score (nSPS) is 23.7. The molecule has 0 amide bonds. The van der Waals surface area contributed by atoms with Gasteiger partial charge in [0, 0.05) is 0 Å². The van der Waals surface area contributed by atoms with E-state index in [2.05, 4.69) is 31.1 Å². The lowest BCUT2D eigenvalue weighted by Gasteiger charge is -2.09. The summed E-state index contributed by atoms with van der Waals surface area (Å²) < 4.78 is 4.76. The van der Waals surface area contributed by atoms with Crippen molar-refractivity contribution in [2.75, 3.05) is 6.61 Å². The monoisotopic (exact) mass is 212 g/mol. The first-order chi connectivity index (χ1) is 6.40. The summed E-state index contributed by atoms with van der Waals surface area (Å²) in [4.78, 5) is 11.1. The van der Waals surface area contributed by atoms with Crippen LogP contribution in [0.1, 0.15) is 6.42 Å². The van der Waals surface area contributed by atoms with Gasteiger partial charge in [-0.15, -0.1) is 5.54 Å². The topological polar surface area (TPSA) is 46.5 Å². The van der Waals surface area contributed by atoms with Crippen LogP contribution >= 0.6 is 0 Å². The largest absolute Gasteiger partial charge is 0.465 e. The molecule has 1 N–H and O–H groups in total. The molecule has 1 saturated heterocycles. The Bertz CT molecular complexity index is 282. The predicted octanol–water partition coefficient (Wildman–Crippen LogP) is 0.791. The minimum atomic E-state index is -1.47. The van der Waals surface area contributed by atoms with Gasteiger partial charge in [0.25, 0.3) is 0 Å². The molecule has 0 bridgehead atoms. The molecule has 0 radical (unpaired) electrons. The van der Waals surface area contributed by atoms with Crippen LogP contribution in [0.2, 0.25) is 19.6 Å². The van der Waals surface area contributed by atoms with Gasteiger partial charge in [-0.2, -0.15) is 0 Å². The molecular weight excluding hydrogens is 196 g/mol. The van der Waals surface area contributed by atoms with Crippen LogP contribution in [0.4, 0.5) is 0 Å². The van der Waals surface area contributed by atoms with Gasteiger partial charge < -0.3 is 9.84 Å². The SMILES string of the molecule is C[Si](C)(C)C#C[C@@H](O)[C@@H]1CCOC1=O. The highest BCUT2D eigenvalue weighted by Crippen LogP contribution is 2.18. The Balaban J connectivity index is 2.60. The van der Waals surface area contributed by atoms with Crippen LogP contribution in [0.25, 0.3) is 0 Å². The van der Waals surface area contributed by atoms with E-state index in [1.54, 1.807) is 0 Å². The van der Waals surface area contributed by atoms with E-state index in [0.29, 0.717) is 13.0 Å². The van der Waals surface area contributed by atoms with Crippen molar-refractivity contribution in [3.05, 3.63) is 0 Å². The summed E-state index contributed by atoms with van der Waals surface area (Å²) >= 11 is 0. The summed E-state index contributed by atoms with van der Waals surface area (Å²) in [5, 5.41) is 9.63. The van der Waals surface area contributed by atoms with Gasteiger partial charge >= 0.3 is 5.97 Å². The number of hydrogen-bond acceptors (Lipinski definition) is 3. The molecule has 0 aromatic rings. The van der Waals surface area contributed by atoms with Crippen molar-refractivity contribution in [1.82, 2.24) is 0 Å². The minimum absolute atomic E-state index is 0.317. The van der Waals surface area contributed by atoms with Gasteiger partial charge in [-0.25, -0.2) is 0 Å². The van der Waals surface area contributed by atoms with Gasteiger partial charge in [0.1, 0.15) is 14.2 Å². The van der Waals surface area contributed by atoms with Crippen molar-refractivity contribution in [2.24, 2.45) is 5.92 Å². The lowest BCUT2D eigenvalue weighted by atomic mass is 10.0. The number of carbonyl (C=O) groups is 1. The zero-order valence-corrected chi connectivity index (χ0v) is 9.83. The molecule has 2 atom stereocenters. The number of aliphatic hydroxyl groups is 1. The molecule has 1 heterocycles. The second-order valence-corrected chi connectivity index (χ2v) is 9.28. The van der Waals surface area contributed by atoms with Crippen LogP contribution in [0.15, 0.2) is 0 Å². The summed E-state index contributed by atoms with van der Waals surface area (Å²) in [6.45, 7) is 6.70. The second kappa shape index (κ2) is 4.16. The van der Waals surface area contributed by atoms with Gasteiger partial charge in [0.05, 0.1) is 12.5 Å². The average Bonchev–Trinajstić information content (AvgIpc) is 2.46. The number of aliphatic hydroxyl groups excluding tert-OH is 1. The van der Waals surface area contributed by atoms with E-state index in [9.17, 15) is 9.90 Å². The fraction of sp³-hybridized carbons (Fsp3) is 0.700. The molecule has 78 valence electrons. The molecule has 0 saturated carbocycles. The number of ether oxygens (including phenoxy) is 1. The Hall–Kier alpha value is -0.793. The third-order valence-corrected chi connectivity index (χ3v) is 2.85. The van der Waals surface area contributed by atoms with E-state index in [4.69, 9.17) is 4.74 Å². The van der Waals surface area contributed by atoms with Crippen LogP contribution in [-0.2, 0) is 9.53 Å². The average molecular weight is 212 g/mol. The fourth-order valence-electron chi connectivity index (χ4n) is 1.19. The molecule has 4 heteroatoms. The minimum Gasteiger partial charge on any atom is -0.465 e. The highest BCUT2D eigenvalue weighted by Gasteiger charge is 2.32. The molecular formula is C10H16O3Si. The fourth-order valence-corrected chi connectivity index (χ4v) is 1.77. The van der Waals surface area contributed by atoms with Crippen LogP contribution in [0.3, 0.4) is 0 Å². The van der Waals surface area contributed by atoms with Gasteiger partial charge in [0.2, 0.25) is 0 Å². The second-order valence-electron chi connectivity index (χ2n) is 4.53. The Kier molecular flexibility index (Phi) is 3.35. The number of hydrogen-bond donors (Lipinski definition) is 1. The number of rotatable bonds is 1. The lowest BCUT2D eigenvalue weighted by Crippen LogP contribution is -2.24. The van der Waals surface area contributed by atoms with Crippen LogP contribution in [0.5, 0.6) is 0 Å². The lowest BCUT2D eigenvalue weighted by molar-refractivity contribution is -0.143. The third-order valence-electron chi connectivity index (χ3n) is 1.95. The van der Waals surface area contributed by atoms with Crippen molar-refractivity contribution in [2.45, 2.75) is 32.2 Å². The quantitative estimate of drug-likeness (QED) is 0.397. The summed E-state index contributed by atoms with van der Waals surface area (Å²) in [7, 11) is -1.47. The van der Waals surface area contributed by atoms with Crippen molar-refractivity contribution in [3.63, 3.8) is 0 Å². The van der Waals surface area contributed by atoms with Gasteiger partial charge in [0.15, 0.2) is 0 Å². The van der Waals surface area contributed by atoms with Gasteiger partial charge in [-0.3, -0.25) is 4.79 Å². The molecule has 1 aliphatic heterocycles. The molecule has 0 aromatic carbocycles. The summed E-state index contributed by atoms with van der Waals surface area (Å²) in [6, 6.07) is 0. The molecule has 3 nitrogen and oxygen atoms in total. The molecule has 1 aliphatic rings. The van der Waals surface area contributed by atoms with E-state index in [1.165, 1.54) is 0 Å². The maximum Gasteiger partial charge on any atom is 0.312 e. The number of carbonyl (C=O) groups excluding carboxylic acids is 1. The van der Waals surface area contributed by atoms with Crippen molar-refractivity contribution in [1.29, 1.82) is 0 Å². The molecule has 0 aliphatic carbocycles. The standard InChI is InChI=1S/C10H16O3Si/c1-14(2,3)7-5-9(11)8-4-6-13-10(8)12/h8-9,11H,4,6H2,1-3H3/t8-,9+/m0/s1. The number of cyclic esters (lactones) is 1. The van der Waals surface area contributed by atoms with Crippen LogP contribution < -0.4 is 0 Å². The van der Waals surface area contributed by atoms with Gasteiger partial charge in [-0.1, -0.05) is 25.6 Å². The summed E-state index contributed by atoms with van der Waals surface area (Å²) in [5.41, 5.74) is 3.05. The zero-order valence-electron chi connectivity index (χ0n) is 8.83. The Labute approximate surface area is 85.5 Å². The van der Waals surface area contributed by atoms with Crippen LogP contribution in [-0.4, -0.2) is 31.9 Å². The molecule has 0 unspecified atom stereocenters. The van der Waals surface area contributed by atoms with Crippen molar-refractivity contribution in [3.8, 4) is 11.5 Å². The maximum absolute atomic E-state index is 11.1. The zero-order chi connectivity index (χ0) is 10.8. The summed E-state index contributed by atoms with van der Waals surface area (Å²) in [6.07, 6.45) is -0.267. The van der Waals surface area contributed by atoms with Crippen LogP contribution in [0, 0.1) is 17.4 Å². The predicted molar refractivity (Wildman–Crippen MR) is 56.2 cm³/mol. The molecule has 1 fully saturated rings. The molecule has 0 spiro atoms. The van der Waals surface area contributed by atoms with E-state index >= 15 is 0 Å². The highest BCUT2D eigenvalue weighted by molar-refractivity contribution is 6.83.